The van der Waals surface area contributed by atoms with Gasteiger partial charge in [-0.3, -0.25) is 0 Å². The molecule has 0 saturated heterocycles. The van der Waals surface area contributed by atoms with Gasteiger partial charge in [0, 0.05) is 33.5 Å². The predicted molar refractivity (Wildman–Crippen MR) is 56.1 cm³/mol. The van der Waals surface area contributed by atoms with Crippen LogP contribution < -0.4 is 4.98 Å². The van der Waals surface area contributed by atoms with E-state index in [2.05, 4.69) is 19.9 Å². The quantitative estimate of drug-likeness (QED) is 0.634. The van der Waals surface area contributed by atoms with E-state index in [1.54, 1.807) is 18.5 Å². The second-order valence-corrected chi connectivity index (χ2v) is 3.11. The van der Waals surface area contributed by atoms with Crippen LogP contribution in [0.2, 0.25) is 0 Å². The Morgan fingerprint density at radius 3 is 2.44 bits per heavy atom. The van der Waals surface area contributed by atoms with Gasteiger partial charge in [0.15, 0.2) is 5.82 Å². The molecule has 0 bridgehead atoms. The summed E-state index contributed by atoms with van der Waals surface area (Å²) in [5, 5.41) is 0. The maximum atomic E-state index is 4.35. The van der Waals surface area contributed by atoms with Crippen molar-refractivity contribution < 1.29 is 21.1 Å². The molecular weight excluding hydrogens is 383 g/mol. The zero-order valence-corrected chi connectivity index (χ0v) is 10.4. The number of para-hydroxylation sites is 2. The van der Waals surface area contributed by atoms with Gasteiger partial charge in [-0.15, -0.1) is 0 Å². The van der Waals surface area contributed by atoms with Gasteiger partial charge in [0.1, 0.15) is 0 Å². The van der Waals surface area contributed by atoms with Gasteiger partial charge in [-0.05, 0) is 22.9 Å². The predicted octanol–water partition coefficient (Wildman–Crippen LogP) is 1.65. The van der Waals surface area contributed by atoms with E-state index >= 15 is 0 Å². The number of aromatic nitrogens is 4. The molecule has 0 spiro atoms. The molecule has 2 heterocycles. The summed E-state index contributed by atoms with van der Waals surface area (Å²) < 4.78 is 0. The number of imidazole rings is 1. The van der Waals surface area contributed by atoms with Crippen LogP contribution in [0.25, 0.3) is 22.7 Å². The van der Waals surface area contributed by atoms with E-state index in [1.807, 2.05) is 24.3 Å². The monoisotopic (exact) mass is 390 g/mol. The Morgan fingerprint density at radius 2 is 1.69 bits per heavy atom. The van der Waals surface area contributed by atoms with E-state index in [9.17, 15) is 0 Å². The molecule has 3 rings (SSSR count). The van der Waals surface area contributed by atoms with Crippen molar-refractivity contribution in [2.24, 2.45) is 0 Å². The molecule has 0 amide bonds. The first-order valence-electron chi connectivity index (χ1n) is 4.60. The van der Waals surface area contributed by atoms with Crippen molar-refractivity contribution in [2.45, 2.75) is 0 Å². The molecule has 0 aliphatic carbocycles. The van der Waals surface area contributed by atoms with E-state index in [0.29, 0.717) is 11.6 Å². The summed E-state index contributed by atoms with van der Waals surface area (Å²) >= 11 is 0. The van der Waals surface area contributed by atoms with Gasteiger partial charge in [0.05, 0.1) is 0 Å². The molecule has 0 saturated carbocycles. The molecule has 0 unspecified atom stereocenters. The summed E-state index contributed by atoms with van der Waals surface area (Å²) in [6.07, 6.45) is 3.37. The Labute approximate surface area is 106 Å². The first-order valence-corrected chi connectivity index (χ1v) is 4.60. The molecule has 0 fully saturated rings. The largest absolute Gasteiger partial charge is 0.433 e. The van der Waals surface area contributed by atoms with Crippen molar-refractivity contribution in [1.82, 2.24) is 19.9 Å². The third kappa shape index (κ3) is 1.88. The standard InChI is InChI=1S/C11H7N4.Pt/c1-2-5-9-8(4-1)14-11(15-9)10-12-6-3-7-13-10;/h1-7H;/q-1;. The Morgan fingerprint density at radius 1 is 0.938 bits per heavy atom. The van der Waals surface area contributed by atoms with Gasteiger partial charge in [-0.1, -0.05) is 24.3 Å². The van der Waals surface area contributed by atoms with E-state index < -0.39 is 0 Å². The number of hydrogen-bond acceptors (Lipinski definition) is 3. The van der Waals surface area contributed by atoms with Crippen LogP contribution >= 0.6 is 0 Å². The van der Waals surface area contributed by atoms with Gasteiger partial charge in [-0.25, -0.2) is 9.97 Å². The van der Waals surface area contributed by atoms with Crippen LogP contribution in [0.3, 0.4) is 0 Å². The van der Waals surface area contributed by atoms with E-state index in [0.717, 1.165) is 11.0 Å². The zero-order valence-electron chi connectivity index (χ0n) is 8.15. The Kier molecular flexibility index (Phi) is 3.11. The molecule has 0 radical (unpaired) electrons. The summed E-state index contributed by atoms with van der Waals surface area (Å²) in [5.41, 5.74) is 1.75. The second-order valence-electron chi connectivity index (χ2n) is 3.11. The van der Waals surface area contributed by atoms with Crippen molar-refractivity contribution in [2.75, 3.05) is 0 Å². The Bertz CT molecular complexity index is 558. The third-order valence-corrected chi connectivity index (χ3v) is 2.10. The van der Waals surface area contributed by atoms with E-state index in [4.69, 9.17) is 0 Å². The minimum absolute atomic E-state index is 0. The summed E-state index contributed by atoms with van der Waals surface area (Å²) in [6.45, 7) is 0. The van der Waals surface area contributed by atoms with Crippen LogP contribution in [0.4, 0.5) is 0 Å². The van der Waals surface area contributed by atoms with Crippen LogP contribution in [0.1, 0.15) is 0 Å². The molecule has 0 N–H and O–H groups in total. The van der Waals surface area contributed by atoms with E-state index in [1.165, 1.54) is 0 Å². The smallest absolute Gasteiger partial charge is 0.150 e. The normalized spacial score (nSPS) is 10.0. The van der Waals surface area contributed by atoms with Crippen molar-refractivity contribution in [3.8, 4) is 11.6 Å². The number of hydrogen-bond donors (Lipinski definition) is 0. The summed E-state index contributed by atoms with van der Waals surface area (Å²) in [4.78, 5) is 16.9. The fourth-order valence-corrected chi connectivity index (χ4v) is 1.42. The molecule has 0 aliphatic rings. The number of rotatable bonds is 1. The van der Waals surface area contributed by atoms with Crippen LogP contribution in [0.15, 0.2) is 42.7 Å². The molecule has 82 valence electrons. The molecule has 2 aromatic heterocycles. The molecule has 16 heavy (non-hydrogen) atoms. The molecule has 0 aliphatic heterocycles. The van der Waals surface area contributed by atoms with Gasteiger partial charge >= 0.3 is 0 Å². The van der Waals surface area contributed by atoms with Gasteiger partial charge in [0.2, 0.25) is 0 Å². The summed E-state index contributed by atoms with van der Waals surface area (Å²) in [5.74, 6) is 1.14. The minimum Gasteiger partial charge on any atom is -0.433 e. The summed E-state index contributed by atoms with van der Waals surface area (Å²) in [6, 6.07) is 9.50. The van der Waals surface area contributed by atoms with Gasteiger partial charge in [-0.2, -0.15) is 0 Å². The van der Waals surface area contributed by atoms with Crippen LogP contribution in [-0.2, 0) is 21.1 Å². The Balaban J connectivity index is 0.000000963. The Hall–Kier alpha value is -1.54. The minimum atomic E-state index is 0. The number of nitrogens with zero attached hydrogens (tertiary/aromatic N) is 4. The maximum absolute atomic E-state index is 4.35. The average Bonchev–Trinajstić information content (AvgIpc) is 2.74. The number of benzene rings is 1. The first kappa shape index (κ1) is 11.0. The van der Waals surface area contributed by atoms with Crippen molar-refractivity contribution in [3.63, 3.8) is 0 Å². The molecule has 5 heteroatoms. The number of fused-ring (bicyclic) bond motifs is 1. The fraction of sp³-hybridized carbons (Fsp3) is 0. The maximum Gasteiger partial charge on any atom is 0.150 e. The van der Waals surface area contributed by atoms with Crippen molar-refractivity contribution >= 4 is 11.0 Å². The molecule has 3 aromatic rings. The van der Waals surface area contributed by atoms with Gasteiger partial charge < -0.3 is 9.97 Å². The van der Waals surface area contributed by atoms with Crippen molar-refractivity contribution in [3.05, 3.63) is 42.7 Å². The molecular formula is C11H7N4Pt-. The van der Waals surface area contributed by atoms with Crippen LogP contribution in [0, 0.1) is 0 Å². The SMILES string of the molecule is [Pt].c1cnc(-c2nc3ccccc3[n-]2)nc1. The zero-order chi connectivity index (χ0) is 10.1. The topological polar surface area (TPSA) is 52.8 Å². The fourth-order valence-electron chi connectivity index (χ4n) is 1.42. The van der Waals surface area contributed by atoms with Crippen LogP contribution in [0.5, 0.6) is 0 Å². The molecule has 0 atom stereocenters. The second kappa shape index (κ2) is 4.54. The molecule has 4 nitrogen and oxygen atoms in total. The van der Waals surface area contributed by atoms with E-state index in [-0.39, 0.29) is 21.1 Å². The first-order chi connectivity index (χ1) is 7.43. The van der Waals surface area contributed by atoms with Crippen molar-refractivity contribution in [1.29, 1.82) is 0 Å². The molecule has 1 aromatic carbocycles. The third-order valence-electron chi connectivity index (χ3n) is 2.10. The average molecular weight is 390 g/mol. The summed E-state index contributed by atoms with van der Waals surface area (Å²) in [7, 11) is 0. The van der Waals surface area contributed by atoms with Gasteiger partial charge in [0.25, 0.3) is 0 Å². The van der Waals surface area contributed by atoms with Crippen LogP contribution in [-0.4, -0.2) is 15.0 Å².